The molecule has 106 valence electrons. The molecule has 18 heavy (non-hydrogen) atoms. The van der Waals surface area contributed by atoms with Crippen LogP contribution in [0.25, 0.3) is 0 Å². The summed E-state index contributed by atoms with van der Waals surface area (Å²) < 4.78 is 0. The summed E-state index contributed by atoms with van der Waals surface area (Å²) in [5.41, 5.74) is 4.93. The smallest absolute Gasteiger partial charge is 0.237 e. The van der Waals surface area contributed by atoms with Crippen LogP contribution in [0.5, 0.6) is 0 Å². The van der Waals surface area contributed by atoms with Crippen molar-refractivity contribution in [2.45, 2.75) is 46.1 Å². The van der Waals surface area contributed by atoms with Crippen molar-refractivity contribution in [3.8, 4) is 0 Å². The van der Waals surface area contributed by atoms with Gasteiger partial charge in [0.1, 0.15) is 0 Å². The van der Waals surface area contributed by atoms with Crippen LogP contribution in [0.2, 0.25) is 0 Å². The highest BCUT2D eigenvalue weighted by molar-refractivity contribution is 5.84. The second-order valence-electron chi connectivity index (χ2n) is 6.02. The van der Waals surface area contributed by atoms with Crippen molar-refractivity contribution >= 4 is 5.91 Å². The van der Waals surface area contributed by atoms with Gasteiger partial charge >= 0.3 is 0 Å². The van der Waals surface area contributed by atoms with Crippen LogP contribution in [0.15, 0.2) is 0 Å². The first-order chi connectivity index (χ1) is 8.39. The van der Waals surface area contributed by atoms with Gasteiger partial charge in [0.25, 0.3) is 0 Å². The van der Waals surface area contributed by atoms with Gasteiger partial charge in [-0.2, -0.15) is 0 Å². The normalized spacial score (nSPS) is 28.9. The lowest BCUT2D eigenvalue weighted by molar-refractivity contribution is -0.124. The first-order valence-corrected chi connectivity index (χ1v) is 7.16. The van der Waals surface area contributed by atoms with Crippen LogP contribution in [0.1, 0.15) is 40.5 Å². The molecule has 0 aromatic carbocycles. The van der Waals surface area contributed by atoms with E-state index in [1.165, 1.54) is 6.42 Å². The van der Waals surface area contributed by atoms with E-state index in [0.717, 1.165) is 44.4 Å². The first kappa shape index (κ1) is 15.4. The van der Waals surface area contributed by atoms with Gasteiger partial charge < -0.3 is 16.0 Å². The second kappa shape index (κ2) is 6.53. The molecule has 1 aliphatic rings. The molecule has 0 radical (unpaired) electrons. The Morgan fingerprint density at radius 2 is 2.11 bits per heavy atom. The van der Waals surface area contributed by atoms with Crippen molar-refractivity contribution in [1.29, 1.82) is 0 Å². The standard InChI is InChI=1S/C14H29N3O/c1-5-16-14(4,13(15)18)7-9-17-8-6-11(2)12(3)10-17/h11-12,16H,5-10H2,1-4H3,(H2,15,18). The monoisotopic (exact) mass is 255 g/mol. The number of carbonyl (C=O) groups is 1. The molecule has 0 aromatic rings. The number of likely N-dealkylation sites (tertiary alicyclic amines) is 1. The van der Waals surface area contributed by atoms with Crippen LogP contribution in [0, 0.1) is 11.8 Å². The molecule has 1 saturated heterocycles. The molecule has 0 aromatic heterocycles. The lowest BCUT2D eigenvalue weighted by atomic mass is 9.88. The average molecular weight is 255 g/mol. The molecular weight excluding hydrogens is 226 g/mol. The van der Waals surface area contributed by atoms with E-state index >= 15 is 0 Å². The highest BCUT2D eigenvalue weighted by Gasteiger charge is 2.31. The highest BCUT2D eigenvalue weighted by Crippen LogP contribution is 2.23. The molecule has 4 heteroatoms. The largest absolute Gasteiger partial charge is 0.368 e. The van der Waals surface area contributed by atoms with E-state index < -0.39 is 5.54 Å². The summed E-state index contributed by atoms with van der Waals surface area (Å²) in [6.07, 6.45) is 2.05. The van der Waals surface area contributed by atoms with E-state index in [-0.39, 0.29) is 5.91 Å². The van der Waals surface area contributed by atoms with Gasteiger partial charge in [-0.3, -0.25) is 4.79 Å². The van der Waals surface area contributed by atoms with Gasteiger partial charge in [0, 0.05) is 13.1 Å². The topological polar surface area (TPSA) is 58.4 Å². The van der Waals surface area contributed by atoms with Crippen molar-refractivity contribution in [3.05, 3.63) is 0 Å². The Hall–Kier alpha value is -0.610. The van der Waals surface area contributed by atoms with Crippen LogP contribution in [-0.4, -0.2) is 42.5 Å². The minimum absolute atomic E-state index is 0.247. The average Bonchev–Trinajstić information content (AvgIpc) is 2.31. The third kappa shape index (κ3) is 3.95. The number of likely N-dealkylation sites (N-methyl/N-ethyl adjacent to an activating group) is 1. The quantitative estimate of drug-likeness (QED) is 0.750. The molecule has 1 fully saturated rings. The van der Waals surface area contributed by atoms with Gasteiger partial charge in [-0.25, -0.2) is 0 Å². The van der Waals surface area contributed by atoms with Gasteiger partial charge in [0.05, 0.1) is 5.54 Å². The Morgan fingerprint density at radius 1 is 1.44 bits per heavy atom. The van der Waals surface area contributed by atoms with E-state index in [1.54, 1.807) is 0 Å². The van der Waals surface area contributed by atoms with E-state index in [0.29, 0.717) is 0 Å². The Labute approximate surface area is 111 Å². The number of primary amides is 1. The Bertz CT molecular complexity index is 282. The first-order valence-electron chi connectivity index (χ1n) is 7.16. The number of hydrogen-bond acceptors (Lipinski definition) is 3. The maximum absolute atomic E-state index is 11.5. The number of carbonyl (C=O) groups excluding carboxylic acids is 1. The fourth-order valence-electron chi connectivity index (χ4n) is 2.62. The van der Waals surface area contributed by atoms with Crippen LogP contribution < -0.4 is 11.1 Å². The molecule has 3 unspecified atom stereocenters. The predicted octanol–water partition coefficient (Wildman–Crippen LogP) is 1.21. The van der Waals surface area contributed by atoms with Crippen LogP contribution in [0.3, 0.4) is 0 Å². The zero-order valence-corrected chi connectivity index (χ0v) is 12.3. The number of hydrogen-bond donors (Lipinski definition) is 2. The fourth-order valence-corrected chi connectivity index (χ4v) is 2.62. The molecule has 0 aliphatic carbocycles. The Morgan fingerprint density at radius 3 is 2.61 bits per heavy atom. The molecule has 1 amide bonds. The van der Waals surface area contributed by atoms with Crippen molar-refractivity contribution in [3.63, 3.8) is 0 Å². The molecule has 1 heterocycles. The Balaban J connectivity index is 2.45. The summed E-state index contributed by atoms with van der Waals surface area (Å²) >= 11 is 0. The van der Waals surface area contributed by atoms with Gasteiger partial charge in [0.15, 0.2) is 0 Å². The minimum atomic E-state index is -0.568. The minimum Gasteiger partial charge on any atom is -0.368 e. The van der Waals surface area contributed by atoms with Crippen LogP contribution in [0.4, 0.5) is 0 Å². The van der Waals surface area contributed by atoms with Crippen molar-refractivity contribution < 1.29 is 4.79 Å². The van der Waals surface area contributed by atoms with E-state index in [1.807, 2.05) is 13.8 Å². The van der Waals surface area contributed by atoms with E-state index in [9.17, 15) is 4.79 Å². The molecule has 0 bridgehead atoms. The summed E-state index contributed by atoms with van der Waals surface area (Å²) in [5, 5.41) is 3.22. The summed E-state index contributed by atoms with van der Waals surface area (Å²) in [6, 6.07) is 0. The van der Waals surface area contributed by atoms with Crippen LogP contribution in [-0.2, 0) is 4.79 Å². The zero-order chi connectivity index (χ0) is 13.8. The lowest BCUT2D eigenvalue weighted by Crippen LogP contribution is -2.55. The van der Waals surface area contributed by atoms with Crippen molar-refractivity contribution in [1.82, 2.24) is 10.2 Å². The summed E-state index contributed by atoms with van der Waals surface area (Å²) in [5.74, 6) is 1.32. The van der Waals surface area contributed by atoms with E-state index in [2.05, 4.69) is 24.1 Å². The summed E-state index contributed by atoms with van der Waals surface area (Å²) in [4.78, 5) is 14.0. The zero-order valence-electron chi connectivity index (χ0n) is 12.3. The maximum atomic E-state index is 11.5. The molecule has 4 nitrogen and oxygen atoms in total. The second-order valence-corrected chi connectivity index (χ2v) is 6.02. The third-order valence-electron chi connectivity index (χ3n) is 4.46. The predicted molar refractivity (Wildman–Crippen MR) is 75.3 cm³/mol. The third-order valence-corrected chi connectivity index (χ3v) is 4.46. The highest BCUT2D eigenvalue weighted by atomic mass is 16.1. The molecule has 1 rings (SSSR count). The number of amides is 1. The number of rotatable bonds is 6. The van der Waals surface area contributed by atoms with Crippen LogP contribution >= 0.6 is 0 Å². The number of nitrogens with two attached hydrogens (primary N) is 1. The molecular formula is C14H29N3O. The number of piperidine rings is 1. The van der Waals surface area contributed by atoms with Gasteiger partial charge in [-0.05, 0) is 44.7 Å². The molecule has 1 aliphatic heterocycles. The fraction of sp³-hybridized carbons (Fsp3) is 0.929. The summed E-state index contributed by atoms with van der Waals surface area (Å²) in [6.45, 7) is 12.6. The van der Waals surface area contributed by atoms with Gasteiger partial charge in [-0.1, -0.05) is 20.8 Å². The summed E-state index contributed by atoms with van der Waals surface area (Å²) in [7, 11) is 0. The molecule has 0 spiro atoms. The Kier molecular flexibility index (Phi) is 5.60. The number of nitrogens with zero attached hydrogens (tertiary/aromatic N) is 1. The van der Waals surface area contributed by atoms with Gasteiger partial charge in [0.2, 0.25) is 5.91 Å². The maximum Gasteiger partial charge on any atom is 0.237 e. The van der Waals surface area contributed by atoms with Gasteiger partial charge in [-0.15, -0.1) is 0 Å². The lowest BCUT2D eigenvalue weighted by Gasteiger charge is -2.37. The van der Waals surface area contributed by atoms with Crippen molar-refractivity contribution in [2.24, 2.45) is 17.6 Å². The molecule has 3 atom stereocenters. The SMILES string of the molecule is CCNC(C)(CCN1CCC(C)C(C)C1)C(N)=O. The molecule has 0 saturated carbocycles. The van der Waals surface area contributed by atoms with Crippen molar-refractivity contribution in [2.75, 3.05) is 26.2 Å². The van der Waals surface area contributed by atoms with E-state index in [4.69, 9.17) is 5.73 Å². The number of nitrogens with one attached hydrogen (secondary N) is 1. The molecule has 3 N–H and O–H groups in total.